The quantitative estimate of drug-likeness (QED) is 0.0738. The number of hydrogen-bond acceptors (Lipinski definition) is 10. The summed E-state index contributed by atoms with van der Waals surface area (Å²) in [6.45, 7) is 1.25. The maximum absolute atomic E-state index is 13.7. The Bertz CT molecular complexity index is 1760. The summed E-state index contributed by atoms with van der Waals surface area (Å²) in [4.78, 5) is 71.5. The number of methoxy groups -OCH3 is 2. The van der Waals surface area contributed by atoms with E-state index in [9.17, 15) is 34.2 Å². The number of aromatic nitrogens is 2. The first-order valence-electron chi connectivity index (χ1n) is 16.5. The first-order chi connectivity index (χ1) is 25.5. The summed E-state index contributed by atoms with van der Waals surface area (Å²) in [5.41, 5.74) is 2.50. The molecule has 0 saturated heterocycles. The van der Waals surface area contributed by atoms with Gasteiger partial charge in [0.05, 0.1) is 33.0 Å². The minimum Gasteiger partial charge on any atom is -0.497 e. The van der Waals surface area contributed by atoms with Crippen molar-refractivity contribution >= 4 is 29.8 Å². The molecule has 1 aromatic heterocycles. The highest BCUT2D eigenvalue weighted by Crippen LogP contribution is 2.26. The van der Waals surface area contributed by atoms with Gasteiger partial charge in [0.1, 0.15) is 36.2 Å². The van der Waals surface area contributed by atoms with Crippen LogP contribution in [0.4, 0.5) is 4.79 Å². The maximum atomic E-state index is 13.7. The zero-order valence-corrected chi connectivity index (χ0v) is 29.3. The Hall–Kier alpha value is -6.42. The van der Waals surface area contributed by atoms with Gasteiger partial charge in [0.15, 0.2) is 0 Å². The molecule has 0 bridgehead atoms. The summed E-state index contributed by atoms with van der Waals surface area (Å²) in [6.07, 6.45) is 1.10. The monoisotopic (exact) mass is 730 g/mol. The Kier molecular flexibility index (Phi) is 14.3. The number of carbonyl (C=O) groups excluding carboxylic acids is 3. The molecule has 4 rings (SSSR count). The number of carboxylic acids is 2. The predicted molar refractivity (Wildman–Crippen MR) is 190 cm³/mol. The lowest BCUT2D eigenvalue weighted by Gasteiger charge is -2.28. The molecular weight excluding hydrogens is 688 g/mol. The van der Waals surface area contributed by atoms with E-state index in [0.29, 0.717) is 33.9 Å². The van der Waals surface area contributed by atoms with Gasteiger partial charge in [0, 0.05) is 24.4 Å². The highest BCUT2D eigenvalue weighted by atomic mass is 16.5. The van der Waals surface area contributed by atoms with Gasteiger partial charge in [-0.3, -0.25) is 19.7 Å². The molecule has 280 valence electrons. The maximum Gasteiger partial charge on any atom is 0.408 e. The van der Waals surface area contributed by atoms with Crippen LogP contribution >= 0.6 is 0 Å². The normalized spacial score (nSPS) is 13.1. The second-order valence-electron chi connectivity index (χ2n) is 12.0. The van der Waals surface area contributed by atoms with E-state index in [1.807, 2.05) is 0 Å². The Morgan fingerprint density at radius 3 is 1.89 bits per heavy atom. The highest BCUT2D eigenvalue weighted by Gasteiger charge is 2.34. The lowest BCUT2D eigenvalue weighted by Crippen LogP contribution is -2.60. The number of H-pyrrole nitrogens is 1. The fraction of sp³-hybridized carbons (Fsp3) is 0.297. The summed E-state index contributed by atoms with van der Waals surface area (Å²) in [7, 11) is 3.05. The molecule has 4 aromatic rings. The standard InChI is InChI=1S/C37H42N6O10/c1-22(40-30(35(46)47)17-26-19-38-21-39-26)32(36(48)49)43-34(45)29(41-37(50)53-20-23-7-5-4-6-8-23)18-31(44)42-33(24-9-13-27(51-2)14-10-24)25-11-15-28(52-3)16-12-25/h4-16,19,21-22,29-30,32-33,40H,17-18,20H2,1-3H3,(H,38,39)(H,41,50)(H,42,44)(H,43,45)(H,46,47)(H,48,49)/t22-,29-,30+,32+/m1/s1. The summed E-state index contributed by atoms with van der Waals surface area (Å²) in [6, 6.07) is 16.3. The minimum atomic E-state index is -1.68. The van der Waals surface area contributed by atoms with Crippen molar-refractivity contribution in [3.8, 4) is 11.5 Å². The van der Waals surface area contributed by atoms with Crippen LogP contribution in [0.15, 0.2) is 91.4 Å². The van der Waals surface area contributed by atoms with Gasteiger partial charge in [-0.1, -0.05) is 54.6 Å². The number of carboxylic acid groups (broad SMARTS) is 2. The molecule has 53 heavy (non-hydrogen) atoms. The predicted octanol–water partition coefficient (Wildman–Crippen LogP) is 2.56. The van der Waals surface area contributed by atoms with Crippen molar-refractivity contribution in [2.45, 2.75) is 56.6 Å². The Labute approximate surface area is 305 Å². The first-order valence-corrected chi connectivity index (χ1v) is 16.5. The number of aromatic amines is 1. The third-order valence-corrected chi connectivity index (χ3v) is 8.22. The Morgan fingerprint density at radius 1 is 0.774 bits per heavy atom. The van der Waals surface area contributed by atoms with Gasteiger partial charge in [-0.05, 0) is 47.9 Å². The zero-order valence-electron chi connectivity index (χ0n) is 29.3. The van der Waals surface area contributed by atoms with Crippen LogP contribution in [0.25, 0.3) is 0 Å². The van der Waals surface area contributed by atoms with E-state index in [0.717, 1.165) is 0 Å². The molecule has 0 unspecified atom stereocenters. The summed E-state index contributed by atoms with van der Waals surface area (Å²) < 4.78 is 15.8. The van der Waals surface area contributed by atoms with Gasteiger partial charge >= 0.3 is 18.0 Å². The molecule has 0 aliphatic heterocycles. The Morgan fingerprint density at radius 2 is 1.38 bits per heavy atom. The molecule has 0 spiro atoms. The van der Waals surface area contributed by atoms with E-state index in [1.54, 1.807) is 78.9 Å². The number of nitrogens with zero attached hydrogens (tertiary/aromatic N) is 1. The molecular formula is C37H42N6O10. The summed E-state index contributed by atoms with van der Waals surface area (Å²) in [5.74, 6) is -3.26. The number of aliphatic carboxylic acids is 2. The molecule has 0 fully saturated rings. The summed E-state index contributed by atoms with van der Waals surface area (Å²) in [5, 5.41) is 30.2. The molecule has 1 heterocycles. The number of carbonyl (C=O) groups is 5. The third-order valence-electron chi connectivity index (χ3n) is 8.22. The van der Waals surface area contributed by atoms with Crippen LogP contribution in [0.5, 0.6) is 11.5 Å². The molecule has 3 aromatic carbocycles. The zero-order chi connectivity index (χ0) is 38.3. The lowest BCUT2D eigenvalue weighted by atomic mass is 9.98. The molecule has 7 N–H and O–H groups in total. The van der Waals surface area contributed by atoms with E-state index in [2.05, 4.69) is 31.2 Å². The van der Waals surface area contributed by atoms with E-state index < -0.39 is 66.5 Å². The van der Waals surface area contributed by atoms with E-state index in [-0.39, 0.29) is 13.0 Å². The molecule has 0 aliphatic carbocycles. The van der Waals surface area contributed by atoms with E-state index in [4.69, 9.17) is 14.2 Å². The second-order valence-corrected chi connectivity index (χ2v) is 12.0. The highest BCUT2D eigenvalue weighted by molar-refractivity contribution is 5.93. The molecule has 16 heteroatoms. The smallest absolute Gasteiger partial charge is 0.408 e. The van der Waals surface area contributed by atoms with Crippen LogP contribution in [0.1, 0.15) is 41.8 Å². The number of imidazole rings is 1. The van der Waals surface area contributed by atoms with Crippen LogP contribution in [0.3, 0.4) is 0 Å². The average molecular weight is 731 g/mol. The minimum absolute atomic E-state index is 0.0544. The topological polar surface area (TPSA) is 230 Å². The van der Waals surface area contributed by atoms with Gasteiger partial charge in [-0.15, -0.1) is 0 Å². The molecule has 0 aliphatic rings. The molecule has 0 saturated carbocycles. The van der Waals surface area contributed by atoms with Crippen molar-refractivity contribution in [3.05, 3.63) is 114 Å². The number of rotatable bonds is 19. The number of ether oxygens (including phenoxy) is 3. The van der Waals surface area contributed by atoms with Gasteiger partial charge in [-0.2, -0.15) is 0 Å². The van der Waals surface area contributed by atoms with E-state index >= 15 is 0 Å². The second kappa shape index (κ2) is 19.3. The molecule has 3 amide bonds. The van der Waals surface area contributed by atoms with Crippen molar-refractivity contribution in [1.82, 2.24) is 31.2 Å². The average Bonchev–Trinajstić information content (AvgIpc) is 3.68. The number of benzene rings is 3. The Balaban J connectivity index is 1.55. The molecule has 0 radical (unpaired) electrons. The summed E-state index contributed by atoms with van der Waals surface area (Å²) >= 11 is 0. The first kappa shape index (κ1) is 39.4. The van der Waals surface area contributed by atoms with Gasteiger partial charge < -0.3 is 45.4 Å². The van der Waals surface area contributed by atoms with Gasteiger partial charge in [-0.25, -0.2) is 14.6 Å². The van der Waals surface area contributed by atoms with Crippen LogP contribution in [-0.4, -0.2) is 88.4 Å². The fourth-order valence-electron chi connectivity index (χ4n) is 5.38. The number of nitrogens with one attached hydrogen (secondary N) is 5. The van der Waals surface area contributed by atoms with Crippen molar-refractivity contribution in [2.24, 2.45) is 0 Å². The fourth-order valence-corrected chi connectivity index (χ4v) is 5.38. The van der Waals surface area contributed by atoms with Crippen molar-refractivity contribution in [1.29, 1.82) is 0 Å². The van der Waals surface area contributed by atoms with Crippen molar-refractivity contribution in [2.75, 3.05) is 14.2 Å². The van der Waals surface area contributed by atoms with Gasteiger partial charge in [0.2, 0.25) is 11.8 Å². The van der Waals surface area contributed by atoms with Crippen molar-refractivity contribution < 1.29 is 48.4 Å². The lowest BCUT2D eigenvalue weighted by molar-refractivity contribution is -0.144. The largest absolute Gasteiger partial charge is 0.497 e. The van der Waals surface area contributed by atoms with Gasteiger partial charge in [0.25, 0.3) is 0 Å². The van der Waals surface area contributed by atoms with Crippen molar-refractivity contribution in [3.63, 3.8) is 0 Å². The van der Waals surface area contributed by atoms with Crippen LogP contribution in [-0.2, 0) is 36.9 Å². The molecule has 4 atom stereocenters. The van der Waals surface area contributed by atoms with E-state index in [1.165, 1.54) is 33.7 Å². The number of amides is 3. The SMILES string of the molecule is COc1ccc(C(NC(=O)C[C@@H](NC(=O)OCc2ccccc2)C(=O)N[C@H](C(=O)O)[C@@H](C)N[C@@H](Cc2cnc[nH]2)C(=O)O)c2ccc(OC)cc2)cc1. The van der Waals surface area contributed by atoms with Crippen LogP contribution < -0.4 is 30.7 Å². The number of hydrogen-bond donors (Lipinski definition) is 7. The number of alkyl carbamates (subject to hydrolysis) is 1. The van der Waals surface area contributed by atoms with Crippen LogP contribution in [0, 0.1) is 0 Å². The van der Waals surface area contributed by atoms with Crippen LogP contribution in [0.2, 0.25) is 0 Å². The molecule has 16 nitrogen and oxygen atoms in total. The third kappa shape index (κ3) is 11.8.